The van der Waals surface area contributed by atoms with Gasteiger partial charge in [0.2, 0.25) is 5.91 Å². The van der Waals surface area contributed by atoms with Crippen molar-refractivity contribution < 1.29 is 40.7 Å². The molecule has 0 spiro atoms. The standard InChI is InChI=1S/C13H19F6N3O3/c1-8(23)20(2)5-9(6-21(3)10(24)12(14,15)16)7-22(4)11(25)13(17,18)19/h9H,5-7H2,1-4H3. The van der Waals surface area contributed by atoms with E-state index in [-0.39, 0.29) is 6.54 Å². The van der Waals surface area contributed by atoms with E-state index in [1.165, 1.54) is 7.05 Å². The van der Waals surface area contributed by atoms with Crippen LogP contribution >= 0.6 is 0 Å². The molecule has 0 aromatic heterocycles. The van der Waals surface area contributed by atoms with Crippen LogP contribution in [0.5, 0.6) is 0 Å². The zero-order valence-corrected chi connectivity index (χ0v) is 14.0. The Morgan fingerprint density at radius 2 is 1.00 bits per heavy atom. The number of carbonyl (C=O) groups excluding carboxylic acids is 3. The number of halogens is 6. The predicted molar refractivity (Wildman–Crippen MR) is 74.2 cm³/mol. The lowest BCUT2D eigenvalue weighted by Gasteiger charge is -2.31. The first-order valence-electron chi connectivity index (χ1n) is 6.93. The van der Waals surface area contributed by atoms with Crippen LogP contribution in [0.4, 0.5) is 26.3 Å². The predicted octanol–water partition coefficient (Wildman–Crippen LogP) is 1.12. The van der Waals surface area contributed by atoms with Crippen molar-refractivity contribution in [2.45, 2.75) is 19.3 Å². The highest BCUT2D eigenvalue weighted by Gasteiger charge is 2.43. The first kappa shape index (κ1) is 23.0. The fraction of sp³-hybridized carbons (Fsp3) is 0.769. The first-order chi connectivity index (χ1) is 11.1. The Kier molecular flexibility index (Phi) is 7.71. The fourth-order valence-electron chi connectivity index (χ4n) is 2.06. The monoisotopic (exact) mass is 379 g/mol. The molecule has 0 atom stereocenters. The molecule has 0 bridgehead atoms. The third-order valence-electron chi connectivity index (χ3n) is 3.31. The van der Waals surface area contributed by atoms with E-state index < -0.39 is 49.1 Å². The van der Waals surface area contributed by atoms with Gasteiger partial charge in [-0.2, -0.15) is 26.3 Å². The lowest BCUT2D eigenvalue weighted by atomic mass is 10.1. The fourth-order valence-corrected chi connectivity index (χ4v) is 2.06. The van der Waals surface area contributed by atoms with Gasteiger partial charge in [0.05, 0.1) is 0 Å². The van der Waals surface area contributed by atoms with Crippen LogP contribution in [0.2, 0.25) is 0 Å². The Morgan fingerprint density at radius 3 is 1.24 bits per heavy atom. The highest BCUT2D eigenvalue weighted by molar-refractivity contribution is 5.82. The minimum Gasteiger partial charge on any atom is -0.346 e. The third kappa shape index (κ3) is 7.61. The third-order valence-corrected chi connectivity index (χ3v) is 3.31. The van der Waals surface area contributed by atoms with E-state index in [4.69, 9.17) is 0 Å². The lowest BCUT2D eigenvalue weighted by Crippen LogP contribution is -2.48. The van der Waals surface area contributed by atoms with E-state index in [1.54, 1.807) is 0 Å². The molecule has 0 fully saturated rings. The van der Waals surface area contributed by atoms with Crippen molar-refractivity contribution in [2.24, 2.45) is 5.92 Å². The van der Waals surface area contributed by atoms with E-state index in [9.17, 15) is 40.7 Å². The van der Waals surface area contributed by atoms with Crippen molar-refractivity contribution in [3.8, 4) is 0 Å². The molecule has 0 aromatic rings. The Balaban J connectivity index is 5.20. The second-order valence-electron chi connectivity index (χ2n) is 5.63. The van der Waals surface area contributed by atoms with Crippen LogP contribution in [-0.4, -0.2) is 85.6 Å². The minimum atomic E-state index is -5.14. The van der Waals surface area contributed by atoms with Crippen molar-refractivity contribution in [3.05, 3.63) is 0 Å². The summed E-state index contributed by atoms with van der Waals surface area (Å²) < 4.78 is 74.5. The number of carbonyl (C=O) groups is 3. The van der Waals surface area contributed by atoms with Crippen LogP contribution in [0.15, 0.2) is 0 Å². The molecule has 0 radical (unpaired) electrons. The maximum Gasteiger partial charge on any atom is 0.471 e. The van der Waals surface area contributed by atoms with E-state index in [0.29, 0.717) is 9.80 Å². The molecule has 0 heterocycles. The van der Waals surface area contributed by atoms with Crippen molar-refractivity contribution in [3.63, 3.8) is 0 Å². The van der Waals surface area contributed by atoms with Gasteiger partial charge in [-0.3, -0.25) is 14.4 Å². The van der Waals surface area contributed by atoms with Crippen molar-refractivity contribution in [2.75, 3.05) is 40.8 Å². The SMILES string of the molecule is CC(=O)N(C)CC(CN(C)C(=O)C(F)(F)F)CN(C)C(=O)C(F)(F)F. The van der Waals surface area contributed by atoms with Crippen LogP contribution in [0.1, 0.15) is 6.92 Å². The van der Waals surface area contributed by atoms with Gasteiger partial charge in [-0.15, -0.1) is 0 Å². The molecule has 146 valence electrons. The van der Waals surface area contributed by atoms with Crippen molar-refractivity contribution >= 4 is 17.7 Å². The number of alkyl halides is 6. The average molecular weight is 379 g/mol. The summed E-state index contributed by atoms with van der Waals surface area (Å²) in [7, 11) is 2.97. The topological polar surface area (TPSA) is 60.9 Å². The van der Waals surface area contributed by atoms with E-state index >= 15 is 0 Å². The van der Waals surface area contributed by atoms with Gasteiger partial charge in [-0.05, 0) is 0 Å². The minimum absolute atomic E-state index is 0.236. The van der Waals surface area contributed by atoms with Gasteiger partial charge in [0.1, 0.15) is 0 Å². The first-order valence-corrected chi connectivity index (χ1v) is 6.93. The zero-order valence-electron chi connectivity index (χ0n) is 14.0. The number of amides is 3. The second kappa shape index (κ2) is 8.39. The van der Waals surface area contributed by atoms with Gasteiger partial charge in [0.15, 0.2) is 0 Å². The molecule has 0 saturated heterocycles. The number of nitrogens with zero attached hydrogens (tertiary/aromatic N) is 3. The summed E-state index contributed by atoms with van der Waals surface area (Å²) in [6, 6.07) is 0. The Bertz CT molecular complexity index is 472. The molecule has 0 N–H and O–H groups in total. The van der Waals surface area contributed by atoms with Crippen LogP contribution in [0.3, 0.4) is 0 Å². The molecule has 0 aliphatic heterocycles. The van der Waals surface area contributed by atoms with E-state index in [0.717, 1.165) is 25.9 Å². The summed E-state index contributed by atoms with van der Waals surface area (Å²) in [4.78, 5) is 35.2. The van der Waals surface area contributed by atoms with Gasteiger partial charge >= 0.3 is 24.2 Å². The number of hydrogen-bond donors (Lipinski definition) is 0. The highest BCUT2D eigenvalue weighted by atomic mass is 19.4. The van der Waals surface area contributed by atoms with Gasteiger partial charge in [-0.1, -0.05) is 0 Å². The quantitative estimate of drug-likeness (QED) is 0.650. The second-order valence-corrected chi connectivity index (χ2v) is 5.63. The maximum atomic E-state index is 12.4. The average Bonchev–Trinajstić information content (AvgIpc) is 2.42. The van der Waals surface area contributed by atoms with E-state index in [1.807, 2.05) is 0 Å². The number of rotatable bonds is 6. The van der Waals surface area contributed by atoms with Crippen LogP contribution in [0, 0.1) is 5.92 Å². The van der Waals surface area contributed by atoms with Gasteiger partial charge in [-0.25, -0.2) is 0 Å². The van der Waals surface area contributed by atoms with Crippen molar-refractivity contribution in [1.29, 1.82) is 0 Å². The molecule has 0 saturated carbocycles. The Morgan fingerprint density at radius 1 is 0.720 bits per heavy atom. The normalized spacial score (nSPS) is 12.1. The van der Waals surface area contributed by atoms with Crippen LogP contribution < -0.4 is 0 Å². The Labute approximate surface area is 140 Å². The molecular weight excluding hydrogens is 360 g/mol. The molecule has 3 amide bonds. The molecule has 6 nitrogen and oxygen atoms in total. The molecule has 0 aromatic carbocycles. The summed E-state index contributed by atoms with van der Waals surface area (Å²) >= 11 is 0. The zero-order chi connectivity index (χ0) is 20.2. The lowest BCUT2D eigenvalue weighted by molar-refractivity contribution is -0.186. The van der Waals surface area contributed by atoms with Gasteiger partial charge in [0, 0.05) is 53.6 Å². The number of hydrogen-bond acceptors (Lipinski definition) is 3. The van der Waals surface area contributed by atoms with Crippen LogP contribution in [0.25, 0.3) is 0 Å². The molecule has 25 heavy (non-hydrogen) atoms. The Hall–Kier alpha value is -2.01. The summed E-state index contributed by atoms with van der Waals surface area (Å²) in [5.74, 6) is -5.83. The van der Waals surface area contributed by atoms with Crippen molar-refractivity contribution in [1.82, 2.24) is 14.7 Å². The molecule has 0 unspecified atom stereocenters. The molecule has 0 aliphatic carbocycles. The largest absolute Gasteiger partial charge is 0.471 e. The van der Waals surface area contributed by atoms with Gasteiger partial charge in [0.25, 0.3) is 0 Å². The smallest absolute Gasteiger partial charge is 0.346 e. The van der Waals surface area contributed by atoms with E-state index in [2.05, 4.69) is 0 Å². The van der Waals surface area contributed by atoms with Crippen LogP contribution in [-0.2, 0) is 14.4 Å². The molecule has 12 heteroatoms. The summed E-state index contributed by atoms with van der Waals surface area (Å²) in [5, 5.41) is 0. The summed E-state index contributed by atoms with van der Waals surface area (Å²) in [6.07, 6.45) is -10.3. The summed E-state index contributed by atoms with van der Waals surface area (Å²) in [6.45, 7) is -0.261. The van der Waals surface area contributed by atoms with Gasteiger partial charge < -0.3 is 14.7 Å². The molecular formula is C13H19F6N3O3. The molecule has 0 rings (SSSR count). The molecule has 0 aliphatic rings. The highest BCUT2D eigenvalue weighted by Crippen LogP contribution is 2.20. The summed E-state index contributed by atoms with van der Waals surface area (Å²) in [5.41, 5.74) is 0. The maximum absolute atomic E-state index is 12.4.